The highest BCUT2D eigenvalue weighted by atomic mass is 32.1. The van der Waals surface area contributed by atoms with E-state index in [1.165, 1.54) is 7.11 Å². The molecule has 0 aliphatic heterocycles. The molecule has 72 valence electrons. The maximum absolute atomic E-state index is 11.3. The number of aromatic nitrogens is 2. The summed E-state index contributed by atoms with van der Waals surface area (Å²) in [5.41, 5.74) is 2.96. The average Bonchev–Trinajstić information content (AvgIpc) is 2.62. The van der Waals surface area contributed by atoms with Crippen molar-refractivity contribution in [3.8, 4) is 0 Å². The van der Waals surface area contributed by atoms with E-state index < -0.39 is 0 Å². The second-order valence-corrected chi connectivity index (χ2v) is 3.44. The Kier molecular flexibility index (Phi) is 2.17. The Morgan fingerprint density at radius 1 is 1.36 bits per heavy atom. The molecule has 0 N–H and O–H groups in total. The second kappa shape index (κ2) is 3.34. The van der Waals surface area contributed by atoms with Gasteiger partial charge in [0, 0.05) is 0 Å². The van der Waals surface area contributed by atoms with Gasteiger partial charge < -0.3 is 4.74 Å². The number of nitrogens with zero attached hydrogens (tertiary/aromatic N) is 2. The molecule has 0 aliphatic carbocycles. The fraction of sp³-hybridized carbons (Fsp3) is 0.222. The van der Waals surface area contributed by atoms with Crippen LogP contribution in [-0.4, -0.2) is 21.8 Å². The quantitative estimate of drug-likeness (QED) is 0.670. The van der Waals surface area contributed by atoms with Crippen LogP contribution in [-0.2, 0) is 4.74 Å². The average molecular weight is 208 g/mol. The van der Waals surface area contributed by atoms with E-state index in [9.17, 15) is 4.79 Å². The Morgan fingerprint density at radius 2 is 2.00 bits per heavy atom. The van der Waals surface area contributed by atoms with E-state index in [0.717, 1.165) is 28.3 Å². The third-order valence-corrected chi connectivity index (χ3v) is 2.56. The van der Waals surface area contributed by atoms with Crippen LogP contribution in [0.4, 0.5) is 0 Å². The van der Waals surface area contributed by atoms with Crippen molar-refractivity contribution in [1.29, 1.82) is 0 Å². The molecule has 14 heavy (non-hydrogen) atoms. The summed E-state index contributed by atoms with van der Waals surface area (Å²) in [6.45, 7) is 1.85. The van der Waals surface area contributed by atoms with Crippen LogP contribution in [0.3, 0.4) is 0 Å². The number of aryl methyl sites for hydroxylation is 1. The van der Waals surface area contributed by atoms with Gasteiger partial charge in [-0.3, -0.25) is 0 Å². The lowest BCUT2D eigenvalue weighted by atomic mass is 10.1. The summed E-state index contributed by atoms with van der Waals surface area (Å²) in [5.74, 6) is -0.336. The zero-order chi connectivity index (χ0) is 10.1. The number of rotatable bonds is 1. The van der Waals surface area contributed by atoms with Crippen molar-refractivity contribution in [2.75, 3.05) is 7.11 Å². The highest BCUT2D eigenvalue weighted by molar-refractivity contribution is 7.00. The van der Waals surface area contributed by atoms with E-state index in [2.05, 4.69) is 13.5 Å². The summed E-state index contributed by atoms with van der Waals surface area (Å²) in [4.78, 5) is 11.3. The first-order chi connectivity index (χ1) is 6.72. The van der Waals surface area contributed by atoms with Crippen LogP contribution in [0, 0.1) is 6.92 Å². The topological polar surface area (TPSA) is 52.1 Å². The maximum atomic E-state index is 11.3. The first kappa shape index (κ1) is 9.08. The number of benzene rings is 1. The van der Waals surface area contributed by atoms with Crippen LogP contribution in [0.15, 0.2) is 12.1 Å². The Morgan fingerprint density at radius 3 is 2.64 bits per heavy atom. The molecule has 2 rings (SSSR count). The summed E-state index contributed by atoms with van der Waals surface area (Å²) in [7, 11) is 1.37. The number of esters is 1. The van der Waals surface area contributed by atoms with E-state index in [4.69, 9.17) is 0 Å². The van der Waals surface area contributed by atoms with Crippen molar-refractivity contribution in [2.24, 2.45) is 0 Å². The molecular formula is C9H8N2O2S. The van der Waals surface area contributed by atoms with Crippen LogP contribution >= 0.6 is 11.7 Å². The van der Waals surface area contributed by atoms with Gasteiger partial charge in [0.05, 0.1) is 24.4 Å². The number of hydrogen-bond donors (Lipinski definition) is 0. The molecule has 0 atom stereocenters. The van der Waals surface area contributed by atoms with Gasteiger partial charge in [-0.2, -0.15) is 8.75 Å². The summed E-state index contributed by atoms with van der Waals surface area (Å²) < 4.78 is 12.8. The number of ether oxygens (including phenoxy) is 1. The highest BCUT2D eigenvalue weighted by Gasteiger charge is 2.11. The fourth-order valence-electron chi connectivity index (χ4n) is 1.27. The molecule has 5 heteroatoms. The molecule has 1 aromatic carbocycles. The third-order valence-electron chi connectivity index (χ3n) is 2.01. The predicted molar refractivity (Wildman–Crippen MR) is 53.5 cm³/mol. The minimum Gasteiger partial charge on any atom is -0.465 e. The fourth-order valence-corrected chi connectivity index (χ4v) is 1.77. The molecular weight excluding hydrogens is 200 g/mol. The maximum Gasteiger partial charge on any atom is 0.338 e. The standard InChI is InChI=1S/C9H8N2O2S/c1-5-3-7-8(11-14-10-7)4-6(5)9(12)13-2/h3-4H,1-2H3. The van der Waals surface area contributed by atoms with E-state index in [-0.39, 0.29) is 5.97 Å². The largest absolute Gasteiger partial charge is 0.465 e. The molecule has 0 saturated carbocycles. The minimum atomic E-state index is -0.336. The molecule has 4 nitrogen and oxygen atoms in total. The van der Waals surface area contributed by atoms with Gasteiger partial charge in [0.2, 0.25) is 0 Å². The summed E-state index contributed by atoms with van der Waals surface area (Å²) in [6, 6.07) is 3.55. The molecule has 1 heterocycles. The molecule has 0 amide bonds. The number of hydrogen-bond acceptors (Lipinski definition) is 5. The first-order valence-electron chi connectivity index (χ1n) is 4.03. The van der Waals surface area contributed by atoms with Crippen molar-refractivity contribution in [2.45, 2.75) is 6.92 Å². The predicted octanol–water partition coefficient (Wildman–Crippen LogP) is 1.79. The summed E-state index contributed by atoms with van der Waals surface area (Å²) >= 11 is 1.14. The van der Waals surface area contributed by atoms with Crippen LogP contribution < -0.4 is 0 Å². The molecule has 0 aliphatic rings. The number of methoxy groups -OCH3 is 1. The van der Waals surface area contributed by atoms with Crippen molar-refractivity contribution in [1.82, 2.24) is 8.75 Å². The minimum absolute atomic E-state index is 0.336. The molecule has 0 bridgehead atoms. The lowest BCUT2D eigenvalue weighted by molar-refractivity contribution is 0.0600. The first-order valence-corrected chi connectivity index (χ1v) is 4.76. The van der Waals surface area contributed by atoms with Gasteiger partial charge in [-0.15, -0.1) is 0 Å². The molecule has 0 spiro atoms. The lowest BCUT2D eigenvalue weighted by Gasteiger charge is -2.02. The van der Waals surface area contributed by atoms with Crippen LogP contribution in [0.1, 0.15) is 15.9 Å². The summed E-state index contributed by atoms with van der Waals surface area (Å²) in [5, 5.41) is 0. The molecule has 1 aromatic heterocycles. The van der Waals surface area contributed by atoms with Gasteiger partial charge in [-0.1, -0.05) is 0 Å². The number of carbonyl (C=O) groups is 1. The SMILES string of the molecule is COC(=O)c1cc2nsnc2cc1C. The smallest absolute Gasteiger partial charge is 0.338 e. The molecule has 0 unspecified atom stereocenters. The van der Waals surface area contributed by atoms with Crippen molar-refractivity contribution in [3.63, 3.8) is 0 Å². The normalized spacial score (nSPS) is 10.4. The van der Waals surface area contributed by atoms with Crippen molar-refractivity contribution in [3.05, 3.63) is 23.3 Å². The zero-order valence-corrected chi connectivity index (χ0v) is 8.59. The highest BCUT2D eigenvalue weighted by Crippen LogP contribution is 2.18. The van der Waals surface area contributed by atoms with E-state index in [1.54, 1.807) is 6.07 Å². The van der Waals surface area contributed by atoms with Gasteiger partial charge in [0.15, 0.2) is 0 Å². The van der Waals surface area contributed by atoms with Crippen molar-refractivity contribution < 1.29 is 9.53 Å². The monoisotopic (exact) mass is 208 g/mol. The lowest BCUT2D eigenvalue weighted by Crippen LogP contribution is -2.03. The summed E-state index contributed by atoms with van der Waals surface area (Å²) in [6.07, 6.45) is 0. The Hall–Kier alpha value is -1.49. The number of fused-ring (bicyclic) bond motifs is 1. The van der Waals surface area contributed by atoms with Gasteiger partial charge >= 0.3 is 5.97 Å². The van der Waals surface area contributed by atoms with Crippen LogP contribution in [0.2, 0.25) is 0 Å². The Balaban J connectivity index is 2.64. The molecule has 2 aromatic rings. The Labute approximate surface area is 84.8 Å². The van der Waals surface area contributed by atoms with Crippen LogP contribution in [0.5, 0.6) is 0 Å². The molecule has 0 saturated heterocycles. The zero-order valence-electron chi connectivity index (χ0n) is 7.77. The third kappa shape index (κ3) is 1.35. The number of carbonyl (C=O) groups excluding carboxylic acids is 1. The van der Waals surface area contributed by atoms with Gasteiger partial charge in [0.1, 0.15) is 11.0 Å². The van der Waals surface area contributed by atoms with E-state index >= 15 is 0 Å². The van der Waals surface area contributed by atoms with Crippen LogP contribution in [0.25, 0.3) is 11.0 Å². The van der Waals surface area contributed by atoms with Gasteiger partial charge in [-0.25, -0.2) is 4.79 Å². The van der Waals surface area contributed by atoms with E-state index in [1.807, 2.05) is 13.0 Å². The van der Waals surface area contributed by atoms with Gasteiger partial charge in [-0.05, 0) is 24.6 Å². The van der Waals surface area contributed by atoms with E-state index in [0.29, 0.717) is 5.56 Å². The molecule has 0 radical (unpaired) electrons. The van der Waals surface area contributed by atoms with Crippen molar-refractivity contribution >= 4 is 28.7 Å². The van der Waals surface area contributed by atoms with Gasteiger partial charge in [0.25, 0.3) is 0 Å². The second-order valence-electron chi connectivity index (χ2n) is 2.91. The Bertz CT molecular complexity index is 493. The molecule has 0 fully saturated rings.